The lowest BCUT2D eigenvalue weighted by molar-refractivity contribution is 0.0444. The molecule has 1 unspecified atom stereocenters. The lowest BCUT2D eigenvalue weighted by Crippen LogP contribution is -2.18. The third-order valence-corrected chi connectivity index (χ3v) is 3.49. The van der Waals surface area contributed by atoms with Crippen molar-refractivity contribution in [1.29, 1.82) is 0 Å². The Balaban J connectivity index is 2.64. The van der Waals surface area contributed by atoms with Crippen LogP contribution in [0, 0.1) is 19.8 Å². The van der Waals surface area contributed by atoms with E-state index < -0.39 is 0 Å². The van der Waals surface area contributed by atoms with E-state index in [1.165, 1.54) is 0 Å². The minimum atomic E-state index is 0.0865. The van der Waals surface area contributed by atoms with Gasteiger partial charge in [-0.2, -0.15) is 0 Å². The lowest BCUT2D eigenvalue weighted by atomic mass is 10.1. The molecule has 0 saturated carbocycles. The average Bonchev–Trinajstić information content (AvgIpc) is 2.60. The van der Waals surface area contributed by atoms with Gasteiger partial charge in [-0.1, -0.05) is 13.8 Å². The third kappa shape index (κ3) is 4.20. The van der Waals surface area contributed by atoms with Gasteiger partial charge < -0.3 is 9.30 Å². The summed E-state index contributed by atoms with van der Waals surface area (Å²) in [5, 5.41) is 0. The molecule has 0 bridgehead atoms. The molecule has 0 spiro atoms. The molecule has 1 aromatic heterocycles. The highest BCUT2D eigenvalue weighted by Gasteiger charge is 2.16. The topological polar surface area (TPSA) is 31.2 Å². The summed E-state index contributed by atoms with van der Waals surface area (Å²) in [6.45, 7) is 13.6. The first-order chi connectivity index (χ1) is 8.86. The SMILES string of the molecule is CCn1c(C)cc(C(=O)COC(C)CC(C)C)c1C. The molecular formula is C16H27NO2. The van der Waals surface area contributed by atoms with Crippen LogP contribution in [0.15, 0.2) is 6.07 Å². The number of nitrogens with zero attached hydrogens (tertiary/aromatic N) is 1. The summed E-state index contributed by atoms with van der Waals surface area (Å²) >= 11 is 0. The summed E-state index contributed by atoms with van der Waals surface area (Å²) in [5.74, 6) is 0.679. The quantitative estimate of drug-likeness (QED) is 0.703. The van der Waals surface area contributed by atoms with Crippen LogP contribution in [0.3, 0.4) is 0 Å². The number of carbonyl (C=O) groups is 1. The molecule has 0 fully saturated rings. The van der Waals surface area contributed by atoms with E-state index in [0.717, 1.165) is 29.9 Å². The summed E-state index contributed by atoms with van der Waals surface area (Å²) in [6, 6.07) is 1.97. The fourth-order valence-corrected chi connectivity index (χ4v) is 2.60. The van der Waals surface area contributed by atoms with Gasteiger partial charge in [-0.25, -0.2) is 0 Å². The van der Waals surface area contributed by atoms with Gasteiger partial charge in [0.25, 0.3) is 0 Å². The Morgan fingerprint density at radius 2 is 1.95 bits per heavy atom. The smallest absolute Gasteiger partial charge is 0.190 e. The van der Waals surface area contributed by atoms with E-state index in [2.05, 4.69) is 25.3 Å². The van der Waals surface area contributed by atoms with Crippen LogP contribution >= 0.6 is 0 Å². The Kier molecular flexibility index (Phi) is 5.80. The molecule has 0 radical (unpaired) electrons. The number of rotatable bonds is 7. The monoisotopic (exact) mass is 265 g/mol. The van der Waals surface area contributed by atoms with Crippen LogP contribution in [0.5, 0.6) is 0 Å². The van der Waals surface area contributed by atoms with Gasteiger partial charge in [0.1, 0.15) is 6.61 Å². The van der Waals surface area contributed by atoms with Gasteiger partial charge in [-0.05, 0) is 46.1 Å². The number of ketones is 1. The van der Waals surface area contributed by atoms with Crippen molar-refractivity contribution in [3.05, 3.63) is 23.0 Å². The van der Waals surface area contributed by atoms with Gasteiger partial charge in [-0.15, -0.1) is 0 Å². The molecule has 3 heteroatoms. The second kappa shape index (κ2) is 6.90. The highest BCUT2D eigenvalue weighted by Crippen LogP contribution is 2.16. The van der Waals surface area contributed by atoms with E-state index in [0.29, 0.717) is 5.92 Å². The standard InChI is InChI=1S/C16H27NO2/c1-7-17-12(4)9-15(14(17)6)16(18)10-19-13(5)8-11(2)3/h9,11,13H,7-8,10H2,1-6H3. The molecule has 1 rings (SSSR count). The molecule has 0 aliphatic heterocycles. The van der Waals surface area contributed by atoms with E-state index in [-0.39, 0.29) is 18.5 Å². The predicted octanol–water partition coefficient (Wildman–Crippen LogP) is 3.76. The van der Waals surface area contributed by atoms with Crippen molar-refractivity contribution in [2.75, 3.05) is 6.61 Å². The van der Waals surface area contributed by atoms with Gasteiger partial charge in [0.15, 0.2) is 5.78 Å². The molecule has 3 nitrogen and oxygen atoms in total. The second-order valence-electron chi connectivity index (χ2n) is 5.70. The van der Waals surface area contributed by atoms with E-state index in [4.69, 9.17) is 4.74 Å². The molecule has 19 heavy (non-hydrogen) atoms. The van der Waals surface area contributed by atoms with Crippen molar-refractivity contribution in [1.82, 2.24) is 4.57 Å². The summed E-state index contributed by atoms with van der Waals surface area (Å²) in [6.07, 6.45) is 1.12. The van der Waals surface area contributed by atoms with Crippen molar-refractivity contribution in [3.8, 4) is 0 Å². The maximum Gasteiger partial charge on any atom is 0.190 e. The second-order valence-corrected chi connectivity index (χ2v) is 5.70. The molecule has 0 N–H and O–H groups in total. The minimum Gasteiger partial charge on any atom is -0.370 e. The number of carbonyl (C=O) groups excluding carboxylic acids is 1. The molecule has 0 saturated heterocycles. The third-order valence-electron chi connectivity index (χ3n) is 3.49. The van der Waals surface area contributed by atoms with E-state index in [1.807, 2.05) is 26.8 Å². The average molecular weight is 265 g/mol. The molecule has 1 atom stereocenters. The summed E-state index contributed by atoms with van der Waals surface area (Å²) in [4.78, 5) is 12.2. The normalized spacial score (nSPS) is 13.0. The molecule has 0 aromatic carbocycles. The van der Waals surface area contributed by atoms with Gasteiger partial charge in [0, 0.05) is 23.5 Å². The van der Waals surface area contributed by atoms with Crippen molar-refractivity contribution in [2.45, 2.75) is 60.6 Å². The Bertz CT molecular complexity index is 432. The molecular weight excluding hydrogens is 238 g/mol. The molecule has 0 aliphatic carbocycles. The fraction of sp³-hybridized carbons (Fsp3) is 0.688. The number of aromatic nitrogens is 1. The zero-order chi connectivity index (χ0) is 14.6. The zero-order valence-electron chi connectivity index (χ0n) is 13.1. The maximum absolute atomic E-state index is 12.2. The van der Waals surface area contributed by atoms with Crippen LogP contribution in [-0.2, 0) is 11.3 Å². The first-order valence-corrected chi connectivity index (χ1v) is 7.18. The molecule has 108 valence electrons. The highest BCUT2D eigenvalue weighted by atomic mass is 16.5. The van der Waals surface area contributed by atoms with Crippen LogP contribution in [0.1, 0.15) is 55.9 Å². The maximum atomic E-state index is 12.2. The van der Waals surface area contributed by atoms with Crippen LogP contribution in [-0.4, -0.2) is 23.1 Å². The van der Waals surface area contributed by atoms with Crippen molar-refractivity contribution in [2.24, 2.45) is 5.92 Å². The number of Topliss-reactive ketones (excluding diaryl/α,β-unsaturated/α-hetero) is 1. The molecule has 0 amide bonds. The number of aryl methyl sites for hydroxylation is 1. The van der Waals surface area contributed by atoms with Crippen LogP contribution < -0.4 is 0 Å². The van der Waals surface area contributed by atoms with Gasteiger partial charge >= 0.3 is 0 Å². The summed E-state index contributed by atoms with van der Waals surface area (Å²) in [5.41, 5.74) is 2.99. The lowest BCUT2D eigenvalue weighted by Gasteiger charge is -2.14. The molecule has 1 aromatic rings. The van der Waals surface area contributed by atoms with Gasteiger partial charge in [-0.3, -0.25) is 4.79 Å². The first kappa shape index (κ1) is 16.0. The van der Waals surface area contributed by atoms with Gasteiger partial charge in [0.05, 0.1) is 6.10 Å². The van der Waals surface area contributed by atoms with E-state index in [9.17, 15) is 4.79 Å². The minimum absolute atomic E-state index is 0.0865. The largest absolute Gasteiger partial charge is 0.370 e. The Morgan fingerprint density at radius 1 is 1.32 bits per heavy atom. The van der Waals surface area contributed by atoms with Crippen molar-refractivity contribution in [3.63, 3.8) is 0 Å². The number of hydrogen-bond acceptors (Lipinski definition) is 2. The van der Waals surface area contributed by atoms with Crippen LogP contribution in [0.4, 0.5) is 0 Å². The van der Waals surface area contributed by atoms with E-state index >= 15 is 0 Å². The Labute approximate surface area is 117 Å². The zero-order valence-corrected chi connectivity index (χ0v) is 13.1. The van der Waals surface area contributed by atoms with Crippen molar-refractivity contribution < 1.29 is 9.53 Å². The van der Waals surface area contributed by atoms with Gasteiger partial charge in [0.2, 0.25) is 0 Å². The highest BCUT2D eigenvalue weighted by molar-refractivity contribution is 5.98. The summed E-state index contributed by atoms with van der Waals surface area (Å²) < 4.78 is 7.81. The Hall–Kier alpha value is -1.09. The Morgan fingerprint density at radius 3 is 2.42 bits per heavy atom. The van der Waals surface area contributed by atoms with Crippen molar-refractivity contribution >= 4 is 5.78 Å². The molecule has 1 heterocycles. The first-order valence-electron chi connectivity index (χ1n) is 7.18. The summed E-state index contributed by atoms with van der Waals surface area (Å²) in [7, 11) is 0. The predicted molar refractivity (Wildman–Crippen MR) is 78.8 cm³/mol. The number of ether oxygens (including phenoxy) is 1. The van der Waals surface area contributed by atoms with Crippen LogP contribution in [0.2, 0.25) is 0 Å². The number of hydrogen-bond donors (Lipinski definition) is 0. The van der Waals surface area contributed by atoms with Crippen LogP contribution in [0.25, 0.3) is 0 Å². The van der Waals surface area contributed by atoms with E-state index in [1.54, 1.807) is 0 Å². The fourth-order valence-electron chi connectivity index (χ4n) is 2.60. The molecule has 0 aliphatic rings.